The number of amides is 2. The summed E-state index contributed by atoms with van der Waals surface area (Å²) in [6, 6.07) is 12.0. The van der Waals surface area contributed by atoms with Crippen molar-refractivity contribution in [1.82, 2.24) is 20.1 Å². The summed E-state index contributed by atoms with van der Waals surface area (Å²) in [6.07, 6.45) is 0.835. The second kappa shape index (κ2) is 11.5. The molecule has 2 amide bonds. The third-order valence-corrected chi connectivity index (χ3v) is 6.49. The van der Waals surface area contributed by atoms with E-state index in [0.29, 0.717) is 28.1 Å². The summed E-state index contributed by atoms with van der Waals surface area (Å²) in [6.45, 7) is 6.42. The van der Waals surface area contributed by atoms with Crippen LogP contribution in [-0.2, 0) is 17.8 Å². The third-order valence-electron chi connectivity index (χ3n) is 4.98. The average molecular weight is 506 g/mol. The molecule has 1 aromatic heterocycles. The van der Waals surface area contributed by atoms with Crippen LogP contribution in [-0.4, -0.2) is 32.3 Å². The van der Waals surface area contributed by atoms with Gasteiger partial charge in [0.25, 0.3) is 5.91 Å². The molecular weight excluding hydrogens is 481 g/mol. The van der Waals surface area contributed by atoms with Gasteiger partial charge in [-0.15, -0.1) is 10.2 Å². The second-order valence-electron chi connectivity index (χ2n) is 7.25. The minimum atomic E-state index is -0.420. The quantitative estimate of drug-likeness (QED) is 0.380. The molecule has 0 spiro atoms. The lowest BCUT2D eigenvalue weighted by atomic mass is 10.1. The minimum Gasteiger partial charge on any atom is -0.342 e. The van der Waals surface area contributed by atoms with Crippen LogP contribution < -0.4 is 10.6 Å². The van der Waals surface area contributed by atoms with Gasteiger partial charge in [-0.25, -0.2) is 0 Å². The highest BCUT2D eigenvalue weighted by Gasteiger charge is 2.21. The standard InChI is InChI=1S/C23H25Cl2N5O2S/c1-4-15-8-6-7-9-19(15)27-20(31)13-33-23-29-28-21(30(23)5-2)14(3)26-22(32)17-11-10-16(24)12-18(17)25/h6-12,14H,4-5,13H2,1-3H3,(H,26,32)(H,27,31)/t14-/m0/s1. The van der Waals surface area contributed by atoms with Crippen LogP contribution in [0.15, 0.2) is 47.6 Å². The van der Waals surface area contributed by atoms with Crippen molar-refractivity contribution in [2.24, 2.45) is 0 Å². The molecule has 3 rings (SSSR count). The summed E-state index contributed by atoms with van der Waals surface area (Å²) in [4.78, 5) is 25.1. The fourth-order valence-corrected chi connectivity index (χ4v) is 4.61. The number of para-hydroxylation sites is 1. The SMILES string of the molecule is CCc1ccccc1NC(=O)CSc1nnc([C@H](C)NC(=O)c2ccc(Cl)cc2Cl)n1CC. The Morgan fingerprint density at radius 3 is 2.58 bits per heavy atom. The number of carbonyl (C=O) groups is 2. The predicted molar refractivity (Wildman–Crippen MR) is 133 cm³/mol. The van der Waals surface area contributed by atoms with Gasteiger partial charge in [-0.1, -0.05) is 60.1 Å². The smallest absolute Gasteiger partial charge is 0.253 e. The van der Waals surface area contributed by atoms with E-state index in [1.807, 2.05) is 49.6 Å². The number of halogens is 2. The zero-order valence-corrected chi connectivity index (χ0v) is 20.9. The average Bonchev–Trinajstić information content (AvgIpc) is 3.21. The van der Waals surface area contributed by atoms with E-state index in [-0.39, 0.29) is 22.6 Å². The molecule has 2 N–H and O–H groups in total. The van der Waals surface area contributed by atoms with Crippen LogP contribution in [0, 0.1) is 0 Å². The van der Waals surface area contributed by atoms with Crippen molar-refractivity contribution in [3.8, 4) is 0 Å². The summed E-state index contributed by atoms with van der Waals surface area (Å²) < 4.78 is 1.88. The van der Waals surface area contributed by atoms with Gasteiger partial charge in [0.15, 0.2) is 11.0 Å². The zero-order valence-electron chi connectivity index (χ0n) is 18.6. The summed E-state index contributed by atoms with van der Waals surface area (Å²) in [5.74, 6) is 0.331. The van der Waals surface area contributed by atoms with Crippen LogP contribution in [0.5, 0.6) is 0 Å². The molecule has 3 aromatic rings. The highest BCUT2D eigenvalue weighted by molar-refractivity contribution is 7.99. The molecular formula is C23H25Cl2N5O2S. The van der Waals surface area contributed by atoms with Gasteiger partial charge in [0, 0.05) is 17.3 Å². The van der Waals surface area contributed by atoms with Crippen molar-refractivity contribution in [3.05, 3.63) is 69.5 Å². The van der Waals surface area contributed by atoms with Crippen molar-refractivity contribution in [2.45, 2.75) is 44.9 Å². The number of anilines is 1. The molecule has 7 nitrogen and oxygen atoms in total. The fraction of sp³-hybridized carbons (Fsp3) is 0.304. The molecule has 2 aromatic carbocycles. The van der Waals surface area contributed by atoms with Gasteiger partial charge in [-0.3, -0.25) is 9.59 Å². The van der Waals surface area contributed by atoms with Crippen molar-refractivity contribution in [3.63, 3.8) is 0 Å². The number of hydrogen-bond donors (Lipinski definition) is 2. The summed E-state index contributed by atoms with van der Waals surface area (Å²) in [5.41, 5.74) is 2.23. The second-order valence-corrected chi connectivity index (χ2v) is 9.04. The number of rotatable bonds is 9. The number of benzene rings is 2. The van der Waals surface area contributed by atoms with Crippen LogP contribution in [0.1, 0.15) is 48.6 Å². The molecule has 174 valence electrons. The molecule has 33 heavy (non-hydrogen) atoms. The monoisotopic (exact) mass is 505 g/mol. The van der Waals surface area contributed by atoms with Crippen LogP contribution in [0.25, 0.3) is 0 Å². The van der Waals surface area contributed by atoms with Gasteiger partial charge in [0.05, 0.1) is 22.4 Å². The Balaban J connectivity index is 1.65. The highest BCUT2D eigenvalue weighted by Crippen LogP contribution is 2.24. The molecule has 0 saturated carbocycles. The topological polar surface area (TPSA) is 88.9 Å². The van der Waals surface area contributed by atoms with Gasteiger partial charge < -0.3 is 15.2 Å². The maximum absolute atomic E-state index is 12.7. The fourth-order valence-electron chi connectivity index (χ4n) is 3.30. The Hall–Kier alpha value is -2.55. The first-order valence-corrected chi connectivity index (χ1v) is 12.3. The molecule has 0 saturated heterocycles. The maximum atomic E-state index is 12.7. The summed E-state index contributed by atoms with van der Waals surface area (Å²) in [5, 5.41) is 15.7. The van der Waals surface area contributed by atoms with Crippen LogP contribution in [0.3, 0.4) is 0 Å². The number of nitrogens with zero attached hydrogens (tertiary/aromatic N) is 3. The Morgan fingerprint density at radius 2 is 1.88 bits per heavy atom. The van der Waals surface area contributed by atoms with E-state index in [1.54, 1.807) is 12.1 Å². The lowest BCUT2D eigenvalue weighted by Gasteiger charge is -2.15. The molecule has 1 atom stereocenters. The molecule has 1 heterocycles. The van der Waals surface area contributed by atoms with Crippen molar-refractivity contribution >= 4 is 52.5 Å². The van der Waals surface area contributed by atoms with Gasteiger partial charge in [0.1, 0.15) is 0 Å². The van der Waals surface area contributed by atoms with E-state index >= 15 is 0 Å². The van der Waals surface area contributed by atoms with Gasteiger partial charge in [0.2, 0.25) is 5.91 Å². The number of hydrogen-bond acceptors (Lipinski definition) is 5. The molecule has 0 aliphatic rings. The highest BCUT2D eigenvalue weighted by atomic mass is 35.5. The van der Waals surface area contributed by atoms with Crippen molar-refractivity contribution < 1.29 is 9.59 Å². The first kappa shape index (κ1) is 25.1. The Labute approximate surface area is 207 Å². The van der Waals surface area contributed by atoms with Crippen LogP contribution in [0.4, 0.5) is 5.69 Å². The lowest BCUT2D eigenvalue weighted by molar-refractivity contribution is -0.113. The van der Waals surface area contributed by atoms with E-state index in [1.165, 1.54) is 17.8 Å². The van der Waals surface area contributed by atoms with Crippen molar-refractivity contribution in [2.75, 3.05) is 11.1 Å². The van der Waals surface area contributed by atoms with E-state index in [2.05, 4.69) is 20.8 Å². The molecule has 0 aliphatic heterocycles. The van der Waals surface area contributed by atoms with Crippen LogP contribution in [0.2, 0.25) is 10.0 Å². The number of nitrogens with one attached hydrogen (secondary N) is 2. The van der Waals surface area contributed by atoms with Gasteiger partial charge in [-0.05, 0) is 50.1 Å². The Kier molecular flexibility index (Phi) is 8.77. The summed E-state index contributed by atoms with van der Waals surface area (Å²) >= 11 is 13.4. The maximum Gasteiger partial charge on any atom is 0.253 e. The van der Waals surface area contributed by atoms with Gasteiger partial charge >= 0.3 is 0 Å². The predicted octanol–water partition coefficient (Wildman–Crippen LogP) is 5.39. The largest absolute Gasteiger partial charge is 0.342 e. The molecule has 0 unspecified atom stereocenters. The van der Waals surface area contributed by atoms with E-state index in [0.717, 1.165) is 17.7 Å². The summed E-state index contributed by atoms with van der Waals surface area (Å²) in [7, 11) is 0. The first-order valence-electron chi connectivity index (χ1n) is 10.5. The Bertz CT molecular complexity index is 1150. The number of carbonyl (C=O) groups excluding carboxylic acids is 2. The van der Waals surface area contributed by atoms with Crippen molar-refractivity contribution in [1.29, 1.82) is 0 Å². The molecule has 0 radical (unpaired) electrons. The zero-order chi connectivity index (χ0) is 24.0. The molecule has 0 aliphatic carbocycles. The van der Waals surface area contributed by atoms with Crippen LogP contribution >= 0.6 is 35.0 Å². The number of aryl methyl sites for hydroxylation is 1. The number of thioether (sulfide) groups is 1. The van der Waals surface area contributed by atoms with Gasteiger partial charge in [-0.2, -0.15) is 0 Å². The molecule has 10 heteroatoms. The Morgan fingerprint density at radius 1 is 1.12 bits per heavy atom. The third kappa shape index (κ3) is 6.28. The normalized spacial score (nSPS) is 11.8. The lowest BCUT2D eigenvalue weighted by Crippen LogP contribution is -2.29. The first-order chi connectivity index (χ1) is 15.8. The van der Waals surface area contributed by atoms with E-state index in [9.17, 15) is 9.59 Å². The minimum absolute atomic E-state index is 0.119. The van der Waals surface area contributed by atoms with E-state index < -0.39 is 6.04 Å². The van der Waals surface area contributed by atoms with E-state index in [4.69, 9.17) is 23.2 Å². The molecule has 0 fully saturated rings. The molecule has 0 bridgehead atoms. The number of aromatic nitrogens is 3.